The van der Waals surface area contributed by atoms with Crippen molar-refractivity contribution < 1.29 is 13.9 Å². The van der Waals surface area contributed by atoms with Crippen molar-refractivity contribution in [1.82, 2.24) is 0 Å². The topological polar surface area (TPSA) is 27.7 Å². The molecule has 0 rings (SSSR count). The number of terminal acetylenes is 1. The van der Waals surface area contributed by atoms with Gasteiger partial charge in [-0.1, -0.05) is 54.4 Å². The maximum absolute atomic E-state index is 6.72. The zero-order chi connectivity index (χ0) is 19.6. The summed E-state index contributed by atoms with van der Waals surface area (Å²) in [4.78, 5) is 0. The molecule has 0 N–H and O–H groups in total. The summed E-state index contributed by atoms with van der Waals surface area (Å²) < 4.78 is 17.9. The minimum Gasteiger partial charge on any atom is -0.403 e. The molecule has 3 atom stereocenters. The van der Waals surface area contributed by atoms with Gasteiger partial charge in [0.1, 0.15) is 6.10 Å². The number of ether oxygens (including phenoxy) is 2. The minimum absolute atomic E-state index is 0.0920. The first-order valence-electron chi connectivity index (χ1n) is 9.98. The van der Waals surface area contributed by atoms with E-state index < -0.39 is 8.32 Å². The van der Waals surface area contributed by atoms with Crippen LogP contribution in [-0.4, -0.2) is 33.9 Å². The van der Waals surface area contributed by atoms with Crippen molar-refractivity contribution in [1.29, 1.82) is 0 Å². The Kier molecular flexibility index (Phi) is 12.0. The van der Waals surface area contributed by atoms with Crippen molar-refractivity contribution in [3.8, 4) is 12.3 Å². The molecule has 0 radical (unpaired) electrons. The molecule has 0 amide bonds. The Balaban J connectivity index is 4.70. The Morgan fingerprint density at radius 3 is 1.76 bits per heavy atom. The van der Waals surface area contributed by atoms with Crippen molar-refractivity contribution >= 4 is 8.32 Å². The van der Waals surface area contributed by atoms with Crippen LogP contribution in [0.5, 0.6) is 0 Å². The third kappa shape index (κ3) is 7.82. The second-order valence-corrected chi connectivity index (χ2v) is 13.5. The van der Waals surface area contributed by atoms with E-state index in [2.05, 4.69) is 54.4 Å². The average Bonchev–Trinajstić information content (AvgIpc) is 2.52. The molecule has 148 valence electrons. The largest absolute Gasteiger partial charge is 0.403 e. The fraction of sp³-hybridized carbons (Fsp3) is 0.905. The Hall–Kier alpha value is -0.343. The van der Waals surface area contributed by atoms with Crippen LogP contribution >= 0.6 is 0 Å². The van der Waals surface area contributed by atoms with Crippen molar-refractivity contribution in [3.05, 3.63) is 0 Å². The van der Waals surface area contributed by atoms with Crippen LogP contribution in [0.1, 0.15) is 75.2 Å². The highest BCUT2D eigenvalue weighted by molar-refractivity contribution is 6.77. The zero-order valence-electron chi connectivity index (χ0n) is 18.1. The Bertz CT molecular complexity index is 365. The van der Waals surface area contributed by atoms with Crippen LogP contribution in [0.4, 0.5) is 0 Å². The summed E-state index contributed by atoms with van der Waals surface area (Å²) in [7, 11) is -1.92. The molecule has 0 aromatic heterocycles. The highest BCUT2D eigenvalue weighted by Gasteiger charge is 2.46. The number of hydrogen-bond donors (Lipinski definition) is 0. The predicted octanol–water partition coefficient (Wildman–Crippen LogP) is 6.00. The highest BCUT2D eigenvalue weighted by atomic mass is 28.4. The van der Waals surface area contributed by atoms with Crippen LogP contribution in [-0.2, 0) is 13.9 Å². The third-order valence-corrected chi connectivity index (χ3v) is 11.3. The molecule has 3 nitrogen and oxygen atoms in total. The Labute approximate surface area is 158 Å². The van der Waals surface area contributed by atoms with Gasteiger partial charge in [0.05, 0.1) is 6.61 Å². The number of rotatable bonds is 13. The van der Waals surface area contributed by atoms with Gasteiger partial charge in [-0.15, -0.1) is 6.42 Å². The van der Waals surface area contributed by atoms with Crippen LogP contribution in [0.15, 0.2) is 0 Å². The van der Waals surface area contributed by atoms with Crippen molar-refractivity contribution in [2.75, 3.05) is 13.2 Å². The van der Waals surface area contributed by atoms with Gasteiger partial charge in [0.15, 0.2) is 6.29 Å². The molecule has 0 fully saturated rings. The van der Waals surface area contributed by atoms with Gasteiger partial charge in [0, 0.05) is 6.61 Å². The second kappa shape index (κ2) is 12.1. The third-order valence-electron chi connectivity index (χ3n) is 5.18. The van der Waals surface area contributed by atoms with Crippen LogP contribution in [0.25, 0.3) is 0 Å². The van der Waals surface area contributed by atoms with Crippen LogP contribution in [0, 0.1) is 18.3 Å². The molecular formula is C21H42O3Si. The maximum atomic E-state index is 6.72. The van der Waals surface area contributed by atoms with E-state index in [-0.39, 0.29) is 12.4 Å². The molecule has 0 saturated heterocycles. The summed E-state index contributed by atoms with van der Waals surface area (Å²) in [6.07, 6.45) is 7.49. The van der Waals surface area contributed by atoms with E-state index in [0.29, 0.717) is 35.8 Å². The maximum Gasteiger partial charge on any atom is 0.202 e. The molecule has 0 aromatic carbocycles. The number of hydrogen-bond acceptors (Lipinski definition) is 3. The van der Waals surface area contributed by atoms with Gasteiger partial charge in [-0.25, -0.2) is 0 Å². The SMILES string of the molecule is C#C[C@@H](CC[C@@H](C)COC(C)OCC)O[Si](C(C)C)(C(C)C)C(C)C. The fourth-order valence-electron chi connectivity index (χ4n) is 3.93. The van der Waals surface area contributed by atoms with Gasteiger partial charge in [0.2, 0.25) is 8.32 Å². The summed E-state index contributed by atoms with van der Waals surface area (Å²) in [5.41, 5.74) is 1.66. The monoisotopic (exact) mass is 370 g/mol. The zero-order valence-corrected chi connectivity index (χ0v) is 19.1. The van der Waals surface area contributed by atoms with Gasteiger partial charge in [-0.05, 0) is 49.2 Å². The second-order valence-electron chi connectivity index (χ2n) is 8.13. The average molecular weight is 371 g/mol. The smallest absolute Gasteiger partial charge is 0.202 e. The van der Waals surface area contributed by atoms with Crippen LogP contribution < -0.4 is 0 Å². The van der Waals surface area contributed by atoms with E-state index in [1.807, 2.05) is 13.8 Å². The van der Waals surface area contributed by atoms with Gasteiger partial charge in [-0.2, -0.15) is 0 Å². The molecular weight excluding hydrogens is 328 g/mol. The molecule has 0 aliphatic rings. The van der Waals surface area contributed by atoms with Crippen LogP contribution in [0.2, 0.25) is 16.6 Å². The normalized spacial score (nSPS) is 16.3. The summed E-state index contributed by atoms with van der Waals surface area (Å²) in [5.74, 6) is 3.35. The first kappa shape index (κ1) is 24.7. The molecule has 0 heterocycles. The molecule has 0 aliphatic carbocycles. The van der Waals surface area contributed by atoms with Gasteiger partial charge in [0.25, 0.3) is 0 Å². The molecule has 0 saturated carbocycles. The molecule has 4 heteroatoms. The molecule has 0 spiro atoms. The lowest BCUT2D eigenvalue weighted by Crippen LogP contribution is -2.50. The summed E-state index contributed by atoms with van der Waals surface area (Å²) >= 11 is 0. The van der Waals surface area contributed by atoms with Gasteiger partial charge in [-0.3, -0.25) is 0 Å². The highest BCUT2D eigenvalue weighted by Crippen LogP contribution is 2.43. The minimum atomic E-state index is -1.92. The molecule has 1 unspecified atom stereocenters. The lowest BCUT2D eigenvalue weighted by molar-refractivity contribution is -0.134. The quantitative estimate of drug-likeness (QED) is 0.226. The van der Waals surface area contributed by atoms with Crippen LogP contribution in [0.3, 0.4) is 0 Å². The Morgan fingerprint density at radius 2 is 1.36 bits per heavy atom. The van der Waals surface area contributed by atoms with E-state index in [1.165, 1.54) is 0 Å². The van der Waals surface area contributed by atoms with E-state index in [9.17, 15) is 0 Å². The molecule has 0 bridgehead atoms. The van der Waals surface area contributed by atoms with E-state index in [0.717, 1.165) is 12.8 Å². The first-order chi connectivity index (χ1) is 11.6. The standard InChI is InChI=1S/C21H42O3Si/c1-11-21(14-13-19(9)15-23-20(10)22-12-2)24-25(16(3)4,17(5)6)18(7)8/h1,16-21H,12-15H2,2-10H3/t19-,20?,21+/m1/s1. The lowest BCUT2D eigenvalue weighted by Gasteiger charge is -2.43. The van der Waals surface area contributed by atoms with Crippen molar-refractivity contribution in [2.45, 2.75) is 104 Å². The fourth-order valence-corrected chi connectivity index (χ4v) is 9.43. The van der Waals surface area contributed by atoms with E-state index >= 15 is 0 Å². The molecule has 25 heavy (non-hydrogen) atoms. The van der Waals surface area contributed by atoms with Crippen molar-refractivity contribution in [3.63, 3.8) is 0 Å². The Morgan fingerprint density at radius 1 is 0.840 bits per heavy atom. The molecule has 0 aliphatic heterocycles. The van der Waals surface area contributed by atoms with E-state index in [4.69, 9.17) is 20.3 Å². The summed E-state index contributed by atoms with van der Waals surface area (Å²) in [6.45, 7) is 21.3. The molecule has 0 aromatic rings. The lowest BCUT2D eigenvalue weighted by atomic mass is 10.0. The van der Waals surface area contributed by atoms with Gasteiger partial charge >= 0.3 is 0 Å². The first-order valence-corrected chi connectivity index (χ1v) is 12.1. The van der Waals surface area contributed by atoms with E-state index in [1.54, 1.807) is 0 Å². The van der Waals surface area contributed by atoms with Gasteiger partial charge < -0.3 is 13.9 Å². The summed E-state index contributed by atoms with van der Waals surface area (Å²) in [6, 6.07) is 0. The summed E-state index contributed by atoms with van der Waals surface area (Å²) in [5, 5.41) is 0. The van der Waals surface area contributed by atoms with Crippen molar-refractivity contribution in [2.24, 2.45) is 5.92 Å². The predicted molar refractivity (Wildman–Crippen MR) is 110 cm³/mol.